The number of carbonyl (C=O) groups excluding carboxylic acids is 1. The first-order chi connectivity index (χ1) is 13.5. The fraction of sp³-hybridized carbons (Fsp3) is 0.217. The molecule has 3 aromatic rings. The monoisotopic (exact) mass is 373 g/mol. The molecule has 28 heavy (non-hydrogen) atoms. The van der Waals surface area contributed by atoms with Crippen LogP contribution in [0.25, 0.3) is 11.1 Å². The van der Waals surface area contributed by atoms with E-state index in [2.05, 4.69) is 28.8 Å². The summed E-state index contributed by atoms with van der Waals surface area (Å²) in [7, 11) is 1.77. The van der Waals surface area contributed by atoms with Gasteiger partial charge in [-0.2, -0.15) is 0 Å². The minimum Gasteiger partial charge on any atom is -0.379 e. The number of fused-ring (bicyclic) bond motifs is 1. The van der Waals surface area contributed by atoms with Crippen LogP contribution in [0.15, 0.2) is 59.5 Å². The molecule has 0 saturated heterocycles. The van der Waals surface area contributed by atoms with Crippen molar-refractivity contribution in [3.63, 3.8) is 0 Å². The minimum absolute atomic E-state index is 0.0106. The van der Waals surface area contributed by atoms with E-state index in [0.29, 0.717) is 24.9 Å². The molecule has 1 aliphatic heterocycles. The Hall–Kier alpha value is -3.34. The summed E-state index contributed by atoms with van der Waals surface area (Å²) < 4.78 is 1.61. The van der Waals surface area contributed by atoms with Crippen LogP contribution in [0.2, 0.25) is 0 Å². The summed E-state index contributed by atoms with van der Waals surface area (Å²) in [6.07, 6.45) is 3.06. The van der Waals surface area contributed by atoms with Gasteiger partial charge in [0.25, 0.3) is 5.56 Å². The van der Waals surface area contributed by atoms with Crippen LogP contribution in [0.5, 0.6) is 0 Å². The van der Waals surface area contributed by atoms with Crippen LogP contribution in [0.1, 0.15) is 23.1 Å². The highest BCUT2D eigenvalue weighted by Crippen LogP contribution is 2.36. The van der Waals surface area contributed by atoms with Gasteiger partial charge in [-0.3, -0.25) is 9.59 Å². The van der Waals surface area contributed by atoms with E-state index in [0.717, 1.165) is 28.1 Å². The van der Waals surface area contributed by atoms with Crippen molar-refractivity contribution in [1.82, 2.24) is 4.57 Å². The summed E-state index contributed by atoms with van der Waals surface area (Å²) >= 11 is 0. The zero-order valence-electron chi connectivity index (χ0n) is 16.1. The minimum atomic E-state index is 0.0106. The van der Waals surface area contributed by atoms with Gasteiger partial charge in [0, 0.05) is 31.8 Å². The van der Waals surface area contributed by atoms with Crippen molar-refractivity contribution < 1.29 is 4.79 Å². The Labute approximate surface area is 164 Å². The average molecular weight is 373 g/mol. The summed E-state index contributed by atoms with van der Waals surface area (Å²) in [5.74, 6) is 0.0426. The molecule has 0 radical (unpaired) electrons. The molecule has 0 atom stereocenters. The van der Waals surface area contributed by atoms with Crippen molar-refractivity contribution in [3.8, 4) is 11.1 Å². The van der Waals surface area contributed by atoms with E-state index in [-0.39, 0.29) is 11.5 Å². The molecule has 2 N–H and O–H groups in total. The molecular formula is C23H23N3O2. The number of nitrogens with zero attached hydrogens (tertiary/aromatic N) is 1. The van der Waals surface area contributed by atoms with Gasteiger partial charge in [-0.05, 0) is 53.8 Å². The normalized spacial score (nSPS) is 13.0. The standard InChI is InChI=1S/C23H23N3O2/c1-15-10-19(14-26(2)23(15)28)18-11-17-8-9-21(27)25-22(17)20(12-18)24-13-16-6-4-3-5-7-16/h3-7,10-12,14,24H,8-9,13H2,1-2H3,(H,25,27). The molecule has 1 aromatic heterocycles. The Morgan fingerprint density at radius 3 is 2.57 bits per heavy atom. The van der Waals surface area contributed by atoms with Gasteiger partial charge in [0.15, 0.2) is 0 Å². The number of hydrogen-bond donors (Lipinski definition) is 2. The number of pyridine rings is 1. The lowest BCUT2D eigenvalue weighted by Gasteiger charge is -2.23. The van der Waals surface area contributed by atoms with E-state index in [1.165, 1.54) is 5.56 Å². The number of carbonyl (C=O) groups is 1. The first kappa shape index (κ1) is 18.0. The summed E-state index contributed by atoms with van der Waals surface area (Å²) in [5, 5.41) is 6.50. The van der Waals surface area contributed by atoms with Gasteiger partial charge >= 0.3 is 0 Å². The lowest BCUT2D eigenvalue weighted by atomic mass is 9.95. The summed E-state index contributed by atoms with van der Waals surface area (Å²) in [5.41, 5.74) is 6.78. The molecule has 0 unspecified atom stereocenters. The molecule has 0 fully saturated rings. The maximum Gasteiger partial charge on any atom is 0.253 e. The molecule has 0 saturated carbocycles. The van der Waals surface area contributed by atoms with E-state index < -0.39 is 0 Å². The van der Waals surface area contributed by atoms with Gasteiger partial charge in [-0.15, -0.1) is 0 Å². The van der Waals surface area contributed by atoms with Gasteiger partial charge < -0.3 is 15.2 Å². The van der Waals surface area contributed by atoms with Gasteiger partial charge in [-0.1, -0.05) is 30.3 Å². The molecule has 142 valence electrons. The largest absolute Gasteiger partial charge is 0.379 e. The first-order valence-electron chi connectivity index (χ1n) is 9.43. The maximum absolute atomic E-state index is 12.1. The van der Waals surface area contributed by atoms with Crippen LogP contribution >= 0.6 is 0 Å². The van der Waals surface area contributed by atoms with E-state index in [9.17, 15) is 9.59 Å². The van der Waals surface area contributed by atoms with Gasteiger partial charge in [-0.25, -0.2) is 0 Å². The van der Waals surface area contributed by atoms with Gasteiger partial charge in [0.2, 0.25) is 5.91 Å². The molecule has 1 aliphatic rings. The van der Waals surface area contributed by atoms with Gasteiger partial charge in [0.1, 0.15) is 0 Å². The topological polar surface area (TPSA) is 63.1 Å². The number of hydrogen-bond acceptors (Lipinski definition) is 3. The van der Waals surface area contributed by atoms with Crippen molar-refractivity contribution in [2.24, 2.45) is 7.05 Å². The summed E-state index contributed by atoms with van der Waals surface area (Å²) in [6.45, 7) is 2.50. The average Bonchev–Trinajstić information content (AvgIpc) is 2.70. The highest BCUT2D eigenvalue weighted by atomic mass is 16.1. The third kappa shape index (κ3) is 3.56. The molecule has 5 nitrogen and oxygen atoms in total. The molecule has 0 spiro atoms. The first-order valence-corrected chi connectivity index (χ1v) is 9.43. The second-order valence-corrected chi connectivity index (χ2v) is 7.27. The van der Waals surface area contributed by atoms with E-state index in [1.54, 1.807) is 11.6 Å². The third-order valence-corrected chi connectivity index (χ3v) is 5.13. The van der Waals surface area contributed by atoms with Crippen LogP contribution in [-0.4, -0.2) is 10.5 Å². The zero-order chi connectivity index (χ0) is 19.7. The predicted octanol–water partition coefficient (Wildman–Crippen LogP) is 3.86. The number of nitrogens with one attached hydrogen (secondary N) is 2. The number of benzene rings is 2. The molecule has 1 amide bonds. The SMILES string of the molecule is Cc1cc(-c2cc3c(c(NCc4ccccc4)c2)NC(=O)CC3)cn(C)c1=O. The van der Waals surface area contributed by atoms with E-state index >= 15 is 0 Å². The quantitative estimate of drug-likeness (QED) is 0.730. The Balaban J connectivity index is 1.76. The Morgan fingerprint density at radius 2 is 1.82 bits per heavy atom. The number of rotatable bonds is 4. The van der Waals surface area contributed by atoms with Crippen molar-refractivity contribution in [2.45, 2.75) is 26.3 Å². The Morgan fingerprint density at radius 1 is 1.04 bits per heavy atom. The highest BCUT2D eigenvalue weighted by molar-refractivity contribution is 5.98. The van der Waals surface area contributed by atoms with Gasteiger partial charge in [0.05, 0.1) is 11.4 Å². The predicted molar refractivity (Wildman–Crippen MR) is 113 cm³/mol. The molecular weight excluding hydrogens is 350 g/mol. The fourth-order valence-electron chi connectivity index (χ4n) is 3.63. The second kappa shape index (κ2) is 7.35. The van der Waals surface area contributed by atoms with Crippen molar-refractivity contribution >= 4 is 17.3 Å². The number of amides is 1. The lowest BCUT2D eigenvalue weighted by Crippen LogP contribution is -2.21. The smallest absolute Gasteiger partial charge is 0.253 e. The Kier molecular flexibility index (Phi) is 4.74. The van der Waals surface area contributed by atoms with Crippen molar-refractivity contribution in [2.75, 3.05) is 10.6 Å². The van der Waals surface area contributed by atoms with Crippen LogP contribution in [0, 0.1) is 6.92 Å². The summed E-state index contributed by atoms with van der Waals surface area (Å²) in [4.78, 5) is 24.0. The highest BCUT2D eigenvalue weighted by Gasteiger charge is 2.20. The van der Waals surface area contributed by atoms with Crippen LogP contribution in [-0.2, 0) is 24.8 Å². The van der Waals surface area contributed by atoms with Crippen molar-refractivity contribution in [3.05, 3.63) is 81.8 Å². The Bertz CT molecular complexity index is 1070. The second-order valence-electron chi connectivity index (χ2n) is 7.27. The lowest BCUT2D eigenvalue weighted by molar-refractivity contribution is -0.116. The van der Waals surface area contributed by atoms with Crippen LogP contribution < -0.4 is 16.2 Å². The zero-order valence-corrected chi connectivity index (χ0v) is 16.1. The van der Waals surface area contributed by atoms with E-state index in [1.807, 2.05) is 43.5 Å². The fourth-order valence-corrected chi connectivity index (χ4v) is 3.63. The molecule has 2 heterocycles. The number of anilines is 2. The molecule has 0 aliphatic carbocycles. The molecule has 0 bridgehead atoms. The van der Waals surface area contributed by atoms with Crippen molar-refractivity contribution in [1.29, 1.82) is 0 Å². The van der Waals surface area contributed by atoms with E-state index in [4.69, 9.17) is 0 Å². The maximum atomic E-state index is 12.1. The molecule has 4 rings (SSSR count). The molecule has 2 aromatic carbocycles. The summed E-state index contributed by atoms with van der Waals surface area (Å²) in [6, 6.07) is 16.2. The van der Waals surface area contributed by atoms with Crippen LogP contribution in [0.3, 0.4) is 0 Å². The third-order valence-electron chi connectivity index (χ3n) is 5.13. The molecule has 5 heteroatoms. The number of aryl methyl sites for hydroxylation is 3. The number of aromatic nitrogens is 1. The van der Waals surface area contributed by atoms with Crippen LogP contribution in [0.4, 0.5) is 11.4 Å².